The standard InChI is InChI=1S/C22H21NO3/c1-14-10-11-16(12-15(14)2)13-20(22(25)26)23-21(24)19-9-5-7-17-6-3-4-8-18(17)19/h3-12,20H,13H2,1-2H3,(H,23,24)(H,25,26)/t20-/m0/s1. The van der Waals surface area contributed by atoms with Gasteiger partial charge in [-0.3, -0.25) is 4.79 Å². The molecule has 132 valence electrons. The number of aryl methyl sites for hydroxylation is 2. The molecule has 0 bridgehead atoms. The Bertz CT molecular complexity index is 973. The summed E-state index contributed by atoms with van der Waals surface area (Å²) in [6, 6.07) is 17.9. The Morgan fingerprint density at radius 3 is 2.42 bits per heavy atom. The zero-order valence-corrected chi connectivity index (χ0v) is 14.8. The second-order valence-electron chi connectivity index (χ2n) is 6.51. The monoisotopic (exact) mass is 347 g/mol. The van der Waals surface area contributed by atoms with Crippen molar-refractivity contribution in [3.8, 4) is 0 Å². The van der Waals surface area contributed by atoms with E-state index < -0.39 is 12.0 Å². The Morgan fingerprint density at radius 2 is 1.69 bits per heavy atom. The van der Waals surface area contributed by atoms with Gasteiger partial charge in [-0.15, -0.1) is 0 Å². The van der Waals surface area contributed by atoms with Crippen LogP contribution in [-0.2, 0) is 11.2 Å². The number of carboxylic acid groups (broad SMARTS) is 1. The van der Waals surface area contributed by atoms with Gasteiger partial charge in [-0.1, -0.05) is 54.6 Å². The summed E-state index contributed by atoms with van der Waals surface area (Å²) < 4.78 is 0. The predicted molar refractivity (Wildman–Crippen MR) is 102 cm³/mol. The summed E-state index contributed by atoms with van der Waals surface area (Å²) in [6.45, 7) is 4.00. The number of carbonyl (C=O) groups is 2. The minimum Gasteiger partial charge on any atom is -0.480 e. The van der Waals surface area contributed by atoms with Gasteiger partial charge in [0.25, 0.3) is 5.91 Å². The minimum absolute atomic E-state index is 0.243. The molecule has 0 heterocycles. The topological polar surface area (TPSA) is 66.4 Å². The summed E-state index contributed by atoms with van der Waals surface area (Å²) >= 11 is 0. The zero-order chi connectivity index (χ0) is 18.7. The fourth-order valence-corrected chi connectivity index (χ4v) is 3.03. The van der Waals surface area contributed by atoms with Crippen LogP contribution in [0.3, 0.4) is 0 Å². The van der Waals surface area contributed by atoms with E-state index in [9.17, 15) is 14.7 Å². The van der Waals surface area contributed by atoms with Crippen LogP contribution in [0.15, 0.2) is 60.7 Å². The lowest BCUT2D eigenvalue weighted by Crippen LogP contribution is -2.42. The van der Waals surface area contributed by atoms with Crippen LogP contribution in [-0.4, -0.2) is 23.0 Å². The van der Waals surface area contributed by atoms with Gasteiger partial charge in [0.05, 0.1) is 0 Å². The lowest BCUT2D eigenvalue weighted by atomic mass is 10.00. The number of hydrogen-bond acceptors (Lipinski definition) is 2. The van der Waals surface area contributed by atoms with Gasteiger partial charge in [0.2, 0.25) is 0 Å². The third kappa shape index (κ3) is 3.75. The van der Waals surface area contributed by atoms with Crippen molar-refractivity contribution in [1.29, 1.82) is 0 Å². The van der Waals surface area contributed by atoms with Crippen molar-refractivity contribution in [3.63, 3.8) is 0 Å². The number of fused-ring (bicyclic) bond motifs is 1. The molecule has 0 aliphatic heterocycles. The molecule has 0 saturated heterocycles. The SMILES string of the molecule is Cc1ccc(C[C@H](NC(=O)c2cccc3ccccc23)C(=O)O)cc1C. The maximum Gasteiger partial charge on any atom is 0.326 e. The maximum absolute atomic E-state index is 12.7. The van der Waals surface area contributed by atoms with E-state index >= 15 is 0 Å². The van der Waals surface area contributed by atoms with E-state index in [1.165, 1.54) is 0 Å². The lowest BCUT2D eigenvalue weighted by Gasteiger charge is -2.16. The number of aliphatic carboxylic acids is 1. The Hall–Kier alpha value is -3.14. The first-order valence-electron chi connectivity index (χ1n) is 8.53. The Kier molecular flexibility index (Phi) is 5.03. The number of carboxylic acids is 1. The molecule has 3 rings (SSSR count). The molecule has 2 N–H and O–H groups in total. The van der Waals surface area contributed by atoms with Gasteiger partial charge in [0, 0.05) is 12.0 Å². The van der Waals surface area contributed by atoms with Crippen molar-refractivity contribution in [2.24, 2.45) is 0 Å². The van der Waals surface area contributed by atoms with Gasteiger partial charge in [0.15, 0.2) is 0 Å². The van der Waals surface area contributed by atoms with Gasteiger partial charge in [-0.05, 0) is 47.4 Å². The molecule has 26 heavy (non-hydrogen) atoms. The van der Waals surface area contributed by atoms with Crippen LogP contribution in [0.25, 0.3) is 10.8 Å². The molecule has 3 aromatic carbocycles. The summed E-state index contributed by atoms with van der Waals surface area (Å²) in [7, 11) is 0. The van der Waals surface area contributed by atoms with E-state index in [2.05, 4.69) is 5.32 Å². The van der Waals surface area contributed by atoms with Crippen molar-refractivity contribution < 1.29 is 14.7 Å². The number of rotatable bonds is 5. The van der Waals surface area contributed by atoms with Crippen molar-refractivity contribution in [2.45, 2.75) is 26.3 Å². The van der Waals surface area contributed by atoms with Crippen molar-refractivity contribution in [3.05, 3.63) is 82.9 Å². The molecule has 0 saturated carbocycles. The third-order valence-electron chi connectivity index (χ3n) is 4.65. The molecule has 4 nitrogen and oxygen atoms in total. The first kappa shape index (κ1) is 17.7. The summed E-state index contributed by atoms with van der Waals surface area (Å²) in [5, 5.41) is 14.0. The molecule has 0 fully saturated rings. The van der Waals surface area contributed by atoms with Crippen LogP contribution in [0.1, 0.15) is 27.0 Å². The van der Waals surface area contributed by atoms with Crippen LogP contribution < -0.4 is 5.32 Å². The number of amides is 1. The van der Waals surface area contributed by atoms with E-state index in [0.29, 0.717) is 5.56 Å². The largest absolute Gasteiger partial charge is 0.480 e. The molecule has 0 aliphatic rings. The van der Waals surface area contributed by atoms with Gasteiger partial charge >= 0.3 is 5.97 Å². The molecule has 0 unspecified atom stereocenters. The number of nitrogens with one attached hydrogen (secondary N) is 1. The normalized spacial score (nSPS) is 11.9. The first-order chi connectivity index (χ1) is 12.5. The molecular formula is C22H21NO3. The molecule has 0 aromatic heterocycles. The smallest absolute Gasteiger partial charge is 0.326 e. The van der Waals surface area contributed by atoms with E-state index in [0.717, 1.165) is 27.5 Å². The van der Waals surface area contributed by atoms with Crippen LogP contribution in [0.4, 0.5) is 0 Å². The molecule has 1 amide bonds. The first-order valence-corrected chi connectivity index (χ1v) is 8.53. The zero-order valence-electron chi connectivity index (χ0n) is 14.8. The van der Waals surface area contributed by atoms with E-state index in [4.69, 9.17) is 0 Å². The average Bonchev–Trinajstić information content (AvgIpc) is 2.63. The molecule has 4 heteroatoms. The van der Waals surface area contributed by atoms with E-state index in [1.807, 2.05) is 62.4 Å². The van der Waals surface area contributed by atoms with Crippen molar-refractivity contribution >= 4 is 22.6 Å². The average molecular weight is 347 g/mol. The second-order valence-corrected chi connectivity index (χ2v) is 6.51. The van der Waals surface area contributed by atoms with Gasteiger partial charge in [-0.25, -0.2) is 4.79 Å². The van der Waals surface area contributed by atoms with Crippen LogP contribution in [0.2, 0.25) is 0 Å². The summed E-state index contributed by atoms with van der Waals surface area (Å²) in [6.07, 6.45) is 0.243. The van der Waals surface area contributed by atoms with Gasteiger partial charge < -0.3 is 10.4 Å². The van der Waals surface area contributed by atoms with Crippen LogP contribution in [0.5, 0.6) is 0 Å². The minimum atomic E-state index is -1.04. The summed E-state index contributed by atoms with van der Waals surface area (Å²) in [4.78, 5) is 24.4. The van der Waals surface area contributed by atoms with Gasteiger partial charge in [0.1, 0.15) is 6.04 Å². The van der Waals surface area contributed by atoms with Crippen LogP contribution >= 0.6 is 0 Å². The molecule has 1 atom stereocenters. The number of carbonyl (C=O) groups excluding carboxylic acids is 1. The Balaban J connectivity index is 1.84. The fraction of sp³-hybridized carbons (Fsp3) is 0.182. The summed E-state index contributed by atoms with van der Waals surface area (Å²) in [5.74, 6) is -1.42. The predicted octanol–water partition coefficient (Wildman–Crippen LogP) is 3.88. The fourth-order valence-electron chi connectivity index (χ4n) is 3.03. The van der Waals surface area contributed by atoms with Gasteiger partial charge in [-0.2, -0.15) is 0 Å². The van der Waals surface area contributed by atoms with Crippen LogP contribution in [0, 0.1) is 13.8 Å². The Morgan fingerprint density at radius 1 is 0.962 bits per heavy atom. The second kappa shape index (κ2) is 7.40. The highest BCUT2D eigenvalue weighted by Gasteiger charge is 2.22. The molecule has 3 aromatic rings. The third-order valence-corrected chi connectivity index (χ3v) is 4.65. The quantitative estimate of drug-likeness (QED) is 0.736. The molecule has 0 spiro atoms. The highest BCUT2D eigenvalue weighted by molar-refractivity contribution is 6.07. The number of benzene rings is 3. The Labute approximate surface area is 152 Å². The number of hydrogen-bond donors (Lipinski definition) is 2. The maximum atomic E-state index is 12.7. The highest BCUT2D eigenvalue weighted by Crippen LogP contribution is 2.19. The summed E-state index contributed by atoms with van der Waals surface area (Å²) in [5.41, 5.74) is 3.63. The van der Waals surface area contributed by atoms with E-state index in [1.54, 1.807) is 12.1 Å². The van der Waals surface area contributed by atoms with Crippen molar-refractivity contribution in [1.82, 2.24) is 5.32 Å². The molecule has 0 radical (unpaired) electrons. The van der Waals surface area contributed by atoms with E-state index in [-0.39, 0.29) is 12.3 Å². The highest BCUT2D eigenvalue weighted by atomic mass is 16.4. The molecular weight excluding hydrogens is 326 g/mol. The molecule has 0 aliphatic carbocycles. The van der Waals surface area contributed by atoms with Crippen molar-refractivity contribution in [2.75, 3.05) is 0 Å². The lowest BCUT2D eigenvalue weighted by molar-refractivity contribution is -0.139.